The van der Waals surface area contributed by atoms with E-state index < -0.39 is 45.8 Å². The summed E-state index contributed by atoms with van der Waals surface area (Å²) >= 11 is 0. The van der Waals surface area contributed by atoms with E-state index in [4.69, 9.17) is 5.11 Å². The molecule has 1 aromatic carbocycles. The van der Waals surface area contributed by atoms with Crippen molar-refractivity contribution in [3.63, 3.8) is 0 Å². The zero-order valence-electron chi connectivity index (χ0n) is 10.7. The summed E-state index contributed by atoms with van der Waals surface area (Å²) in [6, 6.07) is 3.10. The third kappa shape index (κ3) is 4.58. The van der Waals surface area contributed by atoms with Gasteiger partial charge in [0.2, 0.25) is 10.0 Å². The number of hydrogen-bond donors (Lipinski definition) is 2. The average Bonchev–Trinajstić information content (AvgIpc) is 2.35. The van der Waals surface area contributed by atoms with Crippen molar-refractivity contribution in [1.82, 2.24) is 4.72 Å². The fraction of sp³-hybridized carbons (Fsp3) is 0.455. The van der Waals surface area contributed by atoms with Crippen LogP contribution in [0.15, 0.2) is 35.2 Å². The van der Waals surface area contributed by atoms with Gasteiger partial charge >= 0.3 is 12.4 Å². The van der Waals surface area contributed by atoms with E-state index in [1.54, 1.807) is 0 Å². The lowest BCUT2D eigenvalue weighted by Gasteiger charge is -2.29. The Hall–Kier alpha value is -1.33. The molecular weight excluding hydrogens is 340 g/mol. The van der Waals surface area contributed by atoms with Gasteiger partial charge in [0.05, 0.1) is 17.5 Å². The summed E-state index contributed by atoms with van der Waals surface area (Å²) < 4.78 is 100. The largest absolute Gasteiger partial charge is 0.402 e. The normalized spacial score (nSPS) is 15.1. The van der Waals surface area contributed by atoms with Crippen molar-refractivity contribution in [3.8, 4) is 0 Å². The maximum Gasteiger partial charge on any atom is 0.402 e. The third-order valence-electron chi connectivity index (χ3n) is 2.66. The molecule has 0 saturated carbocycles. The van der Waals surface area contributed by atoms with Crippen LogP contribution >= 0.6 is 0 Å². The fourth-order valence-corrected chi connectivity index (χ4v) is 2.98. The molecule has 4 nitrogen and oxygen atoms in total. The molecule has 0 spiro atoms. The van der Waals surface area contributed by atoms with Crippen molar-refractivity contribution in [1.29, 1.82) is 0 Å². The highest BCUT2D eigenvalue weighted by molar-refractivity contribution is 7.89. The molecule has 0 aliphatic rings. The quantitative estimate of drug-likeness (QED) is 0.798. The molecule has 1 rings (SSSR count). The highest BCUT2D eigenvalue weighted by atomic mass is 32.2. The molecule has 1 aromatic rings. The monoisotopic (exact) mass is 351 g/mol. The Bertz CT molecular complexity index is 570. The molecule has 0 aliphatic heterocycles. The van der Waals surface area contributed by atoms with Gasteiger partial charge in [0.25, 0.3) is 0 Å². The smallest absolute Gasteiger partial charge is 0.395 e. The van der Waals surface area contributed by atoms with Gasteiger partial charge in [-0.05, 0) is 12.1 Å². The molecule has 0 aromatic heterocycles. The van der Waals surface area contributed by atoms with E-state index in [1.807, 2.05) is 0 Å². The second kappa shape index (κ2) is 6.42. The Morgan fingerprint density at radius 1 is 1.00 bits per heavy atom. The van der Waals surface area contributed by atoms with Gasteiger partial charge in [-0.1, -0.05) is 18.2 Å². The predicted octanol–water partition coefficient (Wildman–Crippen LogP) is 2.07. The van der Waals surface area contributed by atoms with Crippen LogP contribution in [-0.4, -0.2) is 38.5 Å². The molecule has 22 heavy (non-hydrogen) atoms. The van der Waals surface area contributed by atoms with Gasteiger partial charge in [0.1, 0.15) is 0 Å². The van der Waals surface area contributed by atoms with Crippen LogP contribution in [-0.2, 0) is 10.0 Å². The van der Waals surface area contributed by atoms with E-state index in [0.717, 1.165) is 12.1 Å². The second-order valence-corrected chi connectivity index (χ2v) is 6.00. The van der Waals surface area contributed by atoms with Crippen molar-refractivity contribution >= 4 is 10.0 Å². The zero-order chi connectivity index (χ0) is 17.2. The van der Waals surface area contributed by atoms with E-state index in [2.05, 4.69) is 0 Å². The van der Waals surface area contributed by atoms with Crippen LogP contribution in [0.5, 0.6) is 0 Å². The molecule has 11 heteroatoms. The maximum atomic E-state index is 12.6. The highest BCUT2D eigenvalue weighted by Gasteiger charge is 2.60. The fourth-order valence-electron chi connectivity index (χ4n) is 1.72. The summed E-state index contributed by atoms with van der Waals surface area (Å²) in [7, 11) is -4.65. The molecular formula is C11H11F6NO3S. The zero-order valence-corrected chi connectivity index (χ0v) is 11.5. The van der Waals surface area contributed by atoms with Gasteiger partial charge in [0, 0.05) is 0 Å². The molecule has 0 amide bonds. The lowest BCUT2D eigenvalue weighted by atomic mass is 10.00. The van der Waals surface area contributed by atoms with Crippen LogP contribution in [0.4, 0.5) is 26.3 Å². The first kappa shape index (κ1) is 18.7. The molecule has 0 bridgehead atoms. The van der Waals surface area contributed by atoms with Gasteiger partial charge in [-0.25, -0.2) is 13.1 Å². The number of alkyl halides is 6. The van der Waals surface area contributed by atoms with Crippen LogP contribution in [0.1, 0.15) is 0 Å². The number of hydrogen-bond acceptors (Lipinski definition) is 3. The van der Waals surface area contributed by atoms with E-state index in [0.29, 0.717) is 0 Å². The van der Waals surface area contributed by atoms with Gasteiger partial charge < -0.3 is 5.11 Å². The second-order valence-electron chi connectivity index (χ2n) is 4.28. The van der Waals surface area contributed by atoms with Crippen molar-refractivity contribution in [2.75, 3.05) is 6.61 Å². The average molecular weight is 351 g/mol. The highest BCUT2D eigenvalue weighted by Crippen LogP contribution is 2.41. The summed E-state index contributed by atoms with van der Waals surface area (Å²) in [6.07, 6.45) is -11.5. The van der Waals surface area contributed by atoms with Gasteiger partial charge in [-0.2, -0.15) is 26.3 Å². The number of sulfonamides is 1. The molecule has 0 saturated heterocycles. The standard InChI is InChI=1S/C11H11F6NO3S/c12-10(13,14)9(11(15,16)17)8(6-19)18-22(20,21)7-4-2-1-3-5-7/h1-5,8-9,18-19H,6H2/t8-/m1/s1. The minimum Gasteiger partial charge on any atom is -0.395 e. The lowest BCUT2D eigenvalue weighted by molar-refractivity contribution is -0.292. The maximum absolute atomic E-state index is 12.6. The summed E-state index contributed by atoms with van der Waals surface area (Å²) in [5.74, 6) is -4.02. The first-order valence-corrected chi connectivity index (χ1v) is 7.19. The molecule has 1 atom stereocenters. The summed E-state index contributed by atoms with van der Waals surface area (Å²) in [5.41, 5.74) is 0. The molecule has 0 heterocycles. The first-order valence-electron chi connectivity index (χ1n) is 5.71. The Labute approximate surface area is 121 Å². The van der Waals surface area contributed by atoms with E-state index in [-0.39, 0.29) is 0 Å². The molecule has 0 aliphatic carbocycles. The molecule has 2 N–H and O–H groups in total. The summed E-state index contributed by atoms with van der Waals surface area (Å²) in [4.78, 5) is -0.517. The van der Waals surface area contributed by atoms with E-state index in [9.17, 15) is 34.8 Å². The van der Waals surface area contributed by atoms with Crippen LogP contribution in [0.3, 0.4) is 0 Å². The number of benzene rings is 1. The Kier molecular flexibility index (Phi) is 5.47. The molecule has 126 valence electrons. The van der Waals surface area contributed by atoms with Crippen molar-refractivity contribution in [3.05, 3.63) is 30.3 Å². The Morgan fingerprint density at radius 3 is 1.82 bits per heavy atom. The Morgan fingerprint density at radius 2 is 1.45 bits per heavy atom. The molecule has 0 unspecified atom stereocenters. The van der Waals surface area contributed by atoms with Crippen LogP contribution in [0.2, 0.25) is 0 Å². The summed E-state index contributed by atoms with van der Waals surface area (Å²) in [5, 5.41) is 8.81. The van der Waals surface area contributed by atoms with E-state index in [1.165, 1.54) is 22.9 Å². The van der Waals surface area contributed by atoms with Crippen molar-refractivity contribution in [2.45, 2.75) is 23.3 Å². The Balaban J connectivity index is 3.16. The number of aliphatic hydroxyl groups is 1. The first-order chi connectivity index (χ1) is 9.89. The summed E-state index contributed by atoms with van der Waals surface area (Å²) in [6.45, 7) is -1.67. The van der Waals surface area contributed by atoms with Crippen LogP contribution in [0, 0.1) is 5.92 Å². The molecule has 0 fully saturated rings. The van der Waals surface area contributed by atoms with Gasteiger partial charge in [-0.15, -0.1) is 0 Å². The third-order valence-corrected chi connectivity index (χ3v) is 4.17. The number of aliphatic hydroxyl groups excluding tert-OH is 1. The minimum absolute atomic E-state index is 0.517. The lowest BCUT2D eigenvalue weighted by Crippen LogP contribution is -2.54. The van der Waals surface area contributed by atoms with Crippen LogP contribution < -0.4 is 4.72 Å². The number of nitrogens with one attached hydrogen (secondary N) is 1. The topological polar surface area (TPSA) is 66.4 Å². The SMILES string of the molecule is O=S(=O)(N[C@H](CO)C(C(F)(F)F)C(F)(F)F)c1ccccc1. The number of rotatable bonds is 5. The molecule has 0 radical (unpaired) electrons. The van der Waals surface area contributed by atoms with Gasteiger partial charge in [-0.3, -0.25) is 0 Å². The minimum atomic E-state index is -5.77. The van der Waals surface area contributed by atoms with Crippen LogP contribution in [0.25, 0.3) is 0 Å². The van der Waals surface area contributed by atoms with E-state index >= 15 is 0 Å². The predicted molar refractivity (Wildman–Crippen MR) is 63.2 cm³/mol. The van der Waals surface area contributed by atoms with Crippen molar-refractivity contribution in [2.24, 2.45) is 5.92 Å². The van der Waals surface area contributed by atoms with Crippen molar-refractivity contribution < 1.29 is 39.9 Å². The number of halogens is 6. The van der Waals surface area contributed by atoms with Gasteiger partial charge in [0.15, 0.2) is 5.92 Å².